The first-order chi connectivity index (χ1) is 19.1. The van der Waals surface area contributed by atoms with Gasteiger partial charge in [-0.15, -0.1) is 0 Å². The number of hydrogen-bond acceptors (Lipinski definition) is 10. The van der Waals surface area contributed by atoms with E-state index in [1.807, 2.05) is 0 Å². The van der Waals surface area contributed by atoms with Crippen molar-refractivity contribution < 1.29 is 47.1 Å². The summed E-state index contributed by atoms with van der Waals surface area (Å²) in [4.78, 5) is 52.2. The van der Waals surface area contributed by atoms with Crippen molar-refractivity contribution in [3.8, 4) is 11.5 Å². The zero-order valence-corrected chi connectivity index (χ0v) is 23.2. The average Bonchev–Trinajstić information content (AvgIpc) is 3.17. The summed E-state index contributed by atoms with van der Waals surface area (Å²) in [6, 6.07) is 12.8. The van der Waals surface area contributed by atoms with E-state index in [2.05, 4.69) is 5.32 Å². The van der Waals surface area contributed by atoms with Crippen LogP contribution in [0, 0.1) is 0 Å². The third-order valence-electron chi connectivity index (χ3n) is 6.70. The summed E-state index contributed by atoms with van der Waals surface area (Å²) in [5, 5.41) is 1.45. The second kappa shape index (κ2) is 12.0. The molecule has 2 heterocycles. The van der Waals surface area contributed by atoms with Crippen LogP contribution in [0.2, 0.25) is 0 Å². The first-order valence-electron chi connectivity index (χ1n) is 12.3. The molecule has 2 amide bonds. The van der Waals surface area contributed by atoms with Crippen LogP contribution < -0.4 is 14.8 Å². The molecule has 0 aromatic heterocycles. The lowest BCUT2D eigenvalue weighted by molar-refractivity contribution is -0.188. The number of nitrogens with one attached hydrogen (secondary N) is 1. The highest BCUT2D eigenvalue weighted by atomic mass is 32.2. The van der Waals surface area contributed by atoms with Crippen molar-refractivity contribution in [1.82, 2.24) is 10.2 Å². The number of nitrogens with zero attached hydrogens (tertiary/aromatic N) is 1. The fourth-order valence-electron chi connectivity index (χ4n) is 4.72. The van der Waals surface area contributed by atoms with Gasteiger partial charge >= 0.3 is 11.9 Å². The molecule has 1 unspecified atom stereocenters. The molecule has 0 spiro atoms. The van der Waals surface area contributed by atoms with E-state index < -0.39 is 63.0 Å². The van der Waals surface area contributed by atoms with Crippen LogP contribution in [0.25, 0.3) is 0 Å². The molecule has 2 aliphatic rings. The molecule has 2 aliphatic heterocycles. The molecule has 40 heavy (non-hydrogen) atoms. The first-order valence-corrected chi connectivity index (χ1v) is 13.5. The highest BCUT2D eigenvalue weighted by Gasteiger charge is 2.73. The normalized spacial score (nSPS) is 25.7. The number of benzene rings is 2. The Morgan fingerprint density at radius 3 is 2.33 bits per heavy atom. The summed E-state index contributed by atoms with van der Waals surface area (Å²) in [5.41, 5.74) is 0.647. The number of esters is 2. The number of hydrogen-bond donors (Lipinski definition) is 1. The third-order valence-corrected chi connectivity index (χ3v) is 8.92. The van der Waals surface area contributed by atoms with Crippen LogP contribution in [0.1, 0.15) is 19.4 Å². The first kappa shape index (κ1) is 29.0. The summed E-state index contributed by atoms with van der Waals surface area (Å²) < 4.78 is 38.9. The largest absolute Gasteiger partial charge is 0.497 e. The molecule has 2 aromatic carbocycles. The minimum absolute atomic E-state index is 0.142. The highest BCUT2D eigenvalue weighted by molar-refractivity contribution is 7.87. The molecule has 13 heteroatoms. The van der Waals surface area contributed by atoms with Gasteiger partial charge in [-0.25, -0.2) is 4.79 Å². The van der Waals surface area contributed by atoms with Gasteiger partial charge in [-0.2, -0.15) is 0 Å². The minimum Gasteiger partial charge on any atom is -0.497 e. The Kier molecular flexibility index (Phi) is 8.74. The molecular formula is C27H30N2O10S. The molecule has 6 atom stereocenters. The molecule has 0 radical (unpaired) electrons. The van der Waals surface area contributed by atoms with Gasteiger partial charge < -0.3 is 33.9 Å². The molecule has 2 saturated heterocycles. The van der Waals surface area contributed by atoms with E-state index in [1.54, 1.807) is 54.6 Å². The number of fused-ring (bicyclic) bond motifs is 1. The van der Waals surface area contributed by atoms with Crippen molar-refractivity contribution in [1.29, 1.82) is 0 Å². The van der Waals surface area contributed by atoms with Crippen LogP contribution in [0.4, 0.5) is 0 Å². The zero-order chi connectivity index (χ0) is 29.0. The number of carbonyl (C=O) groups is 4. The van der Waals surface area contributed by atoms with Gasteiger partial charge in [-0.3, -0.25) is 18.6 Å². The SMILES string of the molecule is COc1ccc(COC(=O)[C@@H]2N3C(=O)[C@@H](NC(=O)COc4ccccc4)[C@H]3S(=O)[C@]2(C)[C@@H](OC)OC(C)=O)cc1. The van der Waals surface area contributed by atoms with Crippen molar-refractivity contribution in [2.24, 2.45) is 0 Å². The molecule has 0 aliphatic carbocycles. The monoisotopic (exact) mass is 574 g/mol. The fourth-order valence-corrected chi connectivity index (χ4v) is 6.87. The summed E-state index contributed by atoms with van der Waals surface area (Å²) in [6.45, 7) is 2.03. The summed E-state index contributed by atoms with van der Waals surface area (Å²) in [5.74, 6) is -1.78. The van der Waals surface area contributed by atoms with Crippen LogP contribution in [0.5, 0.6) is 11.5 Å². The Labute approximate surface area is 233 Å². The van der Waals surface area contributed by atoms with Crippen molar-refractivity contribution in [2.45, 2.75) is 48.9 Å². The molecule has 4 rings (SSSR count). The Morgan fingerprint density at radius 2 is 1.73 bits per heavy atom. The molecule has 1 N–H and O–H groups in total. The van der Waals surface area contributed by atoms with Crippen LogP contribution in [-0.4, -0.2) is 82.2 Å². The summed E-state index contributed by atoms with van der Waals surface area (Å²) >= 11 is 0. The van der Waals surface area contributed by atoms with Crippen molar-refractivity contribution >= 4 is 34.6 Å². The summed E-state index contributed by atoms with van der Waals surface area (Å²) in [7, 11) is 0.714. The predicted molar refractivity (Wildman–Crippen MR) is 140 cm³/mol. The molecule has 2 aromatic rings. The Balaban J connectivity index is 1.54. The number of carbonyl (C=O) groups excluding carboxylic acids is 4. The van der Waals surface area contributed by atoms with E-state index in [1.165, 1.54) is 21.1 Å². The lowest BCUT2D eigenvalue weighted by Gasteiger charge is -2.43. The van der Waals surface area contributed by atoms with Gasteiger partial charge in [0.1, 0.15) is 34.3 Å². The molecule has 2 fully saturated rings. The molecule has 12 nitrogen and oxygen atoms in total. The van der Waals surface area contributed by atoms with Crippen molar-refractivity contribution in [3.05, 3.63) is 60.2 Å². The maximum Gasteiger partial charge on any atom is 0.331 e. The molecular weight excluding hydrogens is 544 g/mol. The maximum absolute atomic E-state index is 13.9. The summed E-state index contributed by atoms with van der Waals surface area (Å²) in [6.07, 6.45) is -1.46. The van der Waals surface area contributed by atoms with Gasteiger partial charge in [-0.05, 0) is 36.8 Å². The van der Waals surface area contributed by atoms with Gasteiger partial charge in [0.25, 0.3) is 5.91 Å². The van der Waals surface area contributed by atoms with Gasteiger partial charge in [0.2, 0.25) is 12.2 Å². The quantitative estimate of drug-likeness (QED) is 0.233. The lowest BCUT2D eigenvalue weighted by atomic mass is 9.93. The topological polar surface area (TPSA) is 147 Å². The standard InChI is InChI=1S/C27H30N2O10S/c1-16(30)39-26(36-4)27(2)22(25(33)38-14-17-10-12-18(35-3)13-11-17)29-23(32)21(24(29)40(27)34)28-20(31)15-37-19-8-6-5-7-9-19/h5-13,21-22,24,26H,14-15H2,1-4H3,(H,28,31)/t21-,22+,24-,26+,27+,40?/m1/s1. The van der Waals surface area contributed by atoms with Crippen LogP contribution in [0.3, 0.4) is 0 Å². The van der Waals surface area contributed by atoms with E-state index >= 15 is 0 Å². The minimum atomic E-state index is -2.04. The van der Waals surface area contributed by atoms with Gasteiger partial charge in [-0.1, -0.05) is 30.3 Å². The maximum atomic E-state index is 13.9. The van der Waals surface area contributed by atoms with E-state index in [0.29, 0.717) is 17.1 Å². The molecule has 0 saturated carbocycles. The second-order valence-corrected chi connectivity index (χ2v) is 11.3. The second-order valence-electron chi connectivity index (χ2n) is 9.30. The lowest BCUT2D eigenvalue weighted by Crippen LogP contribution is -2.72. The predicted octanol–water partition coefficient (Wildman–Crippen LogP) is 0.896. The Hall–Kier alpha value is -3.97. The Bertz CT molecular complexity index is 1290. The number of rotatable bonds is 11. The average molecular weight is 575 g/mol. The number of methoxy groups -OCH3 is 2. The van der Waals surface area contributed by atoms with Gasteiger partial charge in [0.05, 0.1) is 17.9 Å². The van der Waals surface area contributed by atoms with Gasteiger partial charge in [0.15, 0.2) is 12.6 Å². The van der Waals surface area contributed by atoms with Crippen LogP contribution in [0.15, 0.2) is 54.6 Å². The number of ether oxygens (including phenoxy) is 5. The van der Waals surface area contributed by atoms with E-state index in [-0.39, 0.29) is 13.2 Å². The number of amides is 2. The van der Waals surface area contributed by atoms with Crippen LogP contribution >= 0.6 is 0 Å². The van der Waals surface area contributed by atoms with Crippen molar-refractivity contribution in [2.75, 3.05) is 20.8 Å². The Morgan fingerprint density at radius 1 is 1.05 bits per heavy atom. The smallest absolute Gasteiger partial charge is 0.331 e. The van der Waals surface area contributed by atoms with E-state index in [9.17, 15) is 23.4 Å². The molecule has 0 bridgehead atoms. The van der Waals surface area contributed by atoms with E-state index in [0.717, 1.165) is 11.8 Å². The highest BCUT2D eigenvalue weighted by Crippen LogP contribution is 2.47. The number of para-hydroxylation sites is 1. The fraction of sp³-hybridized carbons (Fsp3) is 0.407. The zero-order valence-electron chi connectivity index (χ0n) is 22.4. The van der Waals surface area contributed by atoms with E-state index in [4.69, 9.17) is 23.7 Å². The molecule has 214 valence electrons. The van der Waals surface area contributed by atoms with Gasteiger partial charge in [0, 0.05) is 14.0 Å². The number of β-lactam (4-membered cyclic amide) rings is 1. The van der Waals surface area contributed by atoms with Crippen LogP contribution in [-0.2, 0) is 50.8 Å². The third kappa shape index (κ3) is 5.52. The van der Waals surface area contributed by atoms with Crippen molar-refractivity contribution in [3.63, 3.8) is 0 Å².